The summed E-state index contributed by atoms with van der Waals surface area (Å²) in [5.74, 6) is 1.22. The van der Waals surface area contributed by atoms with E-state index in [1.54, 1.807) is 0 Å². The van der Waals surface area contributed by atoms with E-state index in [1.807, 2.05) is 11.3 Å². The first kappa shape index (κ1) is 9.00. The number of aromatic nitrogens is 1. The molecule has 0 aliphatic carbocycles. The van der Waals surface area contributed by atoms with Crippen molar-refractivity contribution >= 4 is 17.2 Å². The van der Waals surface area contributed by atoms with Crippen molar-refractivity contribution in [1.29, 1.82) is 0 Å². The first-order valence-electron chi connectivity index (χ1n) is 4.70. The van der Waals surface area contributed by atoms with Crippen molar-refractivity contribution < 1.29 is 0 Å². The van der Waals surface area contributed by atoms with E-state index in [2.05, 4.69) is 37.7 Å². The van der Waals surface area contributed by atoms with Gasteiger partial charge in [0.25, 0.3) is 0 Å². The van der Waals surface area contributed by atoms with Crippen LogP contribution in [0.25, 0.3) is 0 Å². The third kappa shape index (κ3) is 1.46. The number of thiazole rings is 1. The SMILES string of the molecule is CN1CCc2sc(C(C)(C)C)nc21. The van der Waals surface area contributed by atoms with Crippen molar-refractivity contribution in [2.75, 3.05) is 18.5 Å². The minimum Gasteiger partial charge on any atom is -0.358 e. The van der Waals surface area contributed by atoms with Crippen molar-refractivity contribution in [2.45, 2.75) is 32.6 Å². The van der Waals surface area contributed by atoms with E-state index in [0.29, 0.717) is 0 Å². The van der Waals surface area contributed by atoms with Gasteiger partial charge >= 0.3 is 0 Å². The van der Waals surface area contributed by atoms with Crippen LogP contribution in [-0.4, -0.2) is 18.6 Å². The van der Waals surface area contributed by atoms with E-state index in [0.717, 1.165) is 6.54 Å². The molecule has 0 radical (unpaired) electrons. The molecule has 1 aliphatic heterocycles. The molecule has 0 unspecified atom stereocenters. The van der Waals surface area contributed by atoms with Crippen LogP contribution in [0.4, 0.5) is 5.82 Å². The van der Waals surface area contributed by atoms with Crippen LogP contribution in [0.3, 0.4) is 0 Å². The number of nitrogens with zero attached hydrogens (tertiary/aromatic N) is 2. The molecule has 3 heteroatoms. The zero-order chi connectivity index (χ0) is 9.64. The Balaban J connectivity index is 2.40. The molecule has 0 N–H and O–H groups in total. The van der Waals surface area contributed by atoms with Gasteiger partial charge in [-0.25, -0.2) is 4.98 Å². The number of rotatable bonds is 0. The summed E-state index contributed by atoms with van der Waals surface area (Å²) < 4.78 is 0. The minimum atomic E-state index is 0.204. The van der Waals surface area contributed by atoms with Gasteiger partial charge in [0.15, 0.2) is 0 Å². The lowest BCUT2D eigenvalue weighted by Crippen LogP contribution is -2.16. The molecule has 2 heterocycles. The third-order valence-electron chi connectivity index (χ3n) is 2.35. The fourth-order valence-corrected chi connectivity index (χ4v) is 2.66. The minimum absolute atomic E-state index is 0.204. The average molecular weight is 196 g/mol. The molecule has 0 bridgehead atoms. The van der Waals surface area contributed by atoms with Crippen LogP contribution in [0, 0.1) is 0 Å². The maximum atomic E-state index is 4.69. The fraction of sp³-hybridized carbons (Fsp3) is 0.700. The first-order valence-corrected chi connectivity index (χ1v) is 5.51. The topological polar surface area (TPSA) is 16.1 Å². The summed E-state index contributed by atoms with van der Waals surface area (Å²) in [6.45, 7) is 7.81. The van der Waals surface area contributed by atoms with E-state index in [1.165, 1.54) is 22.1 Å². The Kier molecular flexibility index (Phi) is 1.88. The second-order valence-corrected chi connectivity index (χ2v) is 5.77. The number of anilines is 1. The zero-order valence-corrected chi connectivity index (χ0v) is 9.53. The second kappa shape index (κ2) is 2.71. The van der Waals surface area contributed by atoms with E-state index in [4.69, 9.17) is 0 Å². The maximum Gasteiger partial charge on any atom is 0.142 e. The van der Waals surface area contributed by atoms with Crippen molar-refractivity contribution in [2.24, 2.45) is 0 Å². The summed E-state index contributed by atoms with van der Waals surface area (Å²) in [5.41, 5.74) is 0.204. The molecule has 72 valence electrons. The molecule has 2 rings (SSSR count). The summed E-state index contributed by atoms with van der Waals surface area (Å²) >= 11 is 1.88. The molecule has 0 atom stereocenters. The van der Waals surface area contributed by atoms with Gasteiger partial charge in [0.1, 0.15) is 10.8 Å². The Morgan fingerprint density at radius 3 is 2.62 bits per heavy atom. The number of hydrogen-bond acceptors (Lipinski definition) is 3. The molecular weight excluding hydrogens is 180 g/mol. The van der Waals surface area contributed by atoms with Gasteiger partial charge in [0.05, 0.1) is 4.88 Å². The molecule has 1 aromatic heterocycles. The van der Waals surface area contributed by atoms with E-state index < -0.39 is 0 Å². The van der Waals surface area contributed by atoms with Crippen molar-refractivity contribution in [3.63, 3.8) is 0 Å². The lowest BCUT2D eigenvalue weighted by atomic mass is 9.98. The molecule has 0 saturated carbocycles. The van der Waals surface area contributed by atoms with Gasteiger partial charge in [0.2, 0.25) is 0 Å². The van der Waals surface area contributed by atoms with Crippen molar-refractivity contribution in [3.8, 4) is 0 Å². The normalized spacial score (nSPS) is 16.5. The van der Waals surface area contributed by atoms with Crippen LogP contribution >= 0.6 is 11.3 Å². The highest BCUT2D eigenvalue weighted by Crippen LogP contribution is 2.36. The summed E-state index contributed by atoms with van der Waals surface area (Å²) in [5, 5.41) is 1.27. The Bertz CT molecular complexity index is 322. The highest BCUT2D eigenvalue weighted by Gasteiger charge is 2.26. The molecule has 13 heavy (non-hydrogen) atoms. The standard InChI is InChI=1S/C10H16N2S/c1-10(2,3)9-11-8-7(13-9)5-6-12(8)4/h5-6H2,1-4H3. The van der Waals surface area contributed by atoms with E-state index >= 15 is 0 Å². The van der Waals surface area contributed by atoms with Gasteiger partial charge in [-0.1, -0.05) is 20.8 Å². The fourth-order valence-electron chi connectivity index (χ4n) is 1.50. The first-order chi connectivity index (χ1) is 5.98. The maximum absolute atomic E-state index is 4.69. The quantitative estimate of drug-likeness (QED) is 0.633. The predicted octanol–water partition coefficient (Wildman–Crippen LogP) is 2.43. The Morgan fingerprint density at radius 2 is 2.08 bits per heavy atom. The van der Waals surface area contributed by atoms with Crippen LogP contribution in [0.5, 0.6) is 0 Å². The molecule has 0 aromatic carbocycles. The van der Waals surface area contributed by atoms with E-state index in [9.17, 15) is 0 Å². The largest absolute Gasteiger partial charge is 0.358 e. The van der Waals surface area contributed by atoms with Crippen molar-refractivity contribution in [1.82, 2.24) is 4.98 Å². The highest BCUT2D eigenvalue weighted by atomic mass is 32.1. The summed E-state index contributed by atoms with van der Waals surface area (Å²) in [6.07, 6.45) is 1.18. The van der Waals surface area contributed by atoms with Gasteiger partial charge in [-0.2, -0.15) is 0 Å². The van der Waals surface area contributed by atoms with Gasteiger partial charge < -0.3 is 4.90 Å². The van der Waals surface area contributed by atoms with E-state index in [-0.39, 0.29) is 5.41 Å². The average Bonchev–Trinajstić information content (AvgIpc) is 2.51. The molecular formula is C10H16N2S. The molecule has 0 saturated heterocycles. The Labute approximate surface area is 83.6 Å². The Morgan fingerprint density at radius 1 is 1.38 bits per heavy atom. The summed E-state index contributed by atoms with van der Waals surface area (Å²) in [6, 6.07) is 0. The third-order valence-corrected chi connectivity index (χ3v) is 3.88. The molecule has 2 nitrogen and oxygen atoms in total. The zero-order valence-electron chi connectivity index (χ0n) is 8.72. The smallest absolute Gasteiger partial charge is 0.142 e. The predicted molar refractivity (Wildman–Crippen MR) is 57.8 cm³/mol. The molecule has 0 amide bonds. The van der Waals surface area contributed by atoms with Crippen LogP contribution in [-0.2, 0) is 11.8 Å². The molecule has 1 aromatic rings. The second-order valence-electron chi connectivity index (χ2n) is 4.69. The van der Waals surface area contributed by atoms with Crippen molar-refractivity contribution in [3.05, 3.63) is 9.88 Å². The highest BCUT2D eigenvalue weighted by molar-refractivity contribution is 7.12. The van der Waals surface area contributed by atoms with Gasteiger partial charge in [-0.3, -0.25) is 0 Å². The van der Waals surface area contributed by atoms with Crippen LogP contribution in [0.2, 0.25) is 0 Å². The molecule has 0 spiro atoms. The molecule has 0 fully saturated rings. The van der Waals surface area contributed by atoms with Gasteiger partial charge in [-0.05, 0) is 0 Å². The van der Waals surface area contributed by atoms with Crippen LogP contribution in [0.15, 0.2) is 0 Å². The van der Waals surface area contributed by atoms with Crippen LogP contribution < -0.4 is 4.90 Å². The summed E-state index contributed by atoms with van der Waals surface area (Å²) in [7, 11) is 2.12. The Hall–Kier alpha value is -0.570. The van der Waals surface area contributed by atoms with Gasteiger partial charge in [-0.15, -0.1) is 11.3 Å². The number of likely N-dealkylation sites (N-methyl/N-ethyl adjacent to an activating group) is 1. The number of fused-ring (bicyclic) bond motifs is 1. The molecule has 1 aliphatic rings. The monoisotopic (exact) mass is 196 g/mol. The lowest BCUT2D eigenvalue weighted by Gasteiger charge is -2.15. The lowest BCUT2D eigenvalue weighted by molar-refractivity contribution is 0.585. The summed E-state index contributed by atoms with van der Waals surface area (Å²) in [4.78, 5) is 8.40. The number of hydrogen-bond donors (Lipinski definition) is 0. The van der Waals surface area contributed by atoms with Gasteiger partial charge in [0, 0.05) is 25.4 Å². The van der Waals surface area contributed by atoms with Crippen LogP contribution in [0.1, 0.15) is 30.7 Å².